The second kappa shape index (κ2) is 12.2. The van der Waals surface area contributed by atoms with Crippen LogP contribution in [0.25, 0.3) is 16.9 Å². The van der Waals surface area contributed by atoms with E-state index >= 15 is 0 Å². The Kier molecular flexibility index (Phi) is 8.72. The van der Waals surface area contributed by atoms with Gasteiger partial charge in [-0.15, -0.1) is 0 Å². The van der Waals surface area contributed by atoms with Gasteiger partial charge in [-0.05, 0) is 73.9 Å². The average Bonchev–Trinajstić information content (AvgIpc) is 3.35. The Morgan fingerprint density at radius 1 is 0.974 bits per heavy atom. The molecule has 1 N–H and O–H groups in total. The molecule has 7 nitrogen and oxygen atoms in total. The van der Waals surface area contributed by atoms with Crippen LogP contribution >= 0.6 is 11.6 Å². The maximum absolute atomic E-state index is 13.3. The molecule has 39 heavy (non-hydrogen) atoms. The maximum Gasteiger partial charge on any atom is 0.256 e. The van der Waals surface area contributed by atoms with Crippen molar-refractivity contribution in [2.75, 3.05) is 19.0 Å². The van der Waals surface area contributed by atoms with Crippen LogP contribution in [0.4, 0.5) is 5.95 Å². The third kappa shape index (κ3) is 6.49. The summed E-state index contributed by atoms with van der Waals surface area (Å²) in [5, 5.41) is 3.27. The van der Waals surface area contributed by atoms with Crippen molar-refractivity contribution in [3.63, 3.8) is 0 Å². The smallest absolute Gasteiger partial charge is 0.256 e. The van der Waals surface area contributed by atoms with Crippen molar-refractivity contribution in [3.8, 4) is 22.7 Å². The maximum atomic E-state index is 13.3. The highest BCUT2D eigenvalue weighted by Crippen LogP contribution is 2.27. The molecule has 4 aromatic rings. The monoisotopic (exact) mass is 544 g/mol. The SMILES string of the molecule is COc1ccc(-c2cn(-c3ccc(C(C)C)cc3)c(NC(=O)CN(C(=O)c3ccccc3Cl)C(C)C)n2)cc1. The third-order valence-corrected chi connectivity index (χ3v) is 6.81. The number of benzene rings is 3. The summed E-state index contributed by atoms with van der Waals surface area (Å²) in [7, 11) is 1.62. The van der Waals surface area contributed by atoms with Crippen LogP contribution in [-0.2, 0) is 4.79 Å². The molecule has 0 bridgehead atoms. The van der Waals surface area contributed by atoms with Crippen molar-refractivity contribution in [3.05, 3.63) is 95.1 Å². The van der Waals surface area contributed by atoms with Gasteiger partial charge in [0.25, 0.3) is 5.91 Å². The summed E-state index contributed by atoms with van der Waals surface area (Å²) in [5.74, 6) is 0.826. The summed E-state index contributed by atoms with van der Waals surface area (Å²) in [5.41, 5.74) is 3.99. The first-order valence-electron chi connectivity index (χ1n) is 12.9. The number of ether oxygens (including phenoxy) is 1. The van der Waals surface area contributed by atoms with E-state index in [0.29, 0.717) is 28.1 Å². The van der Waals surface area contributed by atoms with Crippen molar-refractivity contribution in [1.82, 2.24) is 14.5 Å². The number of amides is 2. The highest BCUT2D eigenvalue weighted by molar-refractivity contribution is 6.33. The molecule has 4 rings (SSSR count). The number of rotatable bonds is 9. The van der Waals surface area contributed by atoms with Crippen LogP contribution < -0.4 is 10.1 Å². The predicted octanol–water partition coefficient (Wildman–Crippen LogP) is 6.81. The first-order chi connectivity index (χ1) is 18.7. The predicted molar refractivity (Wildman–Crippen MR) is 156 cm³/mol. The Morgan fingerprint density at radius 2 is 1.64 bits per heavy atom. The van der Waals surface area contributed by atoms with Crippen LogP contribution in [-0.4, -0.2) is 46.0 Å². The van der Waals surface area contributed by atoms with Crippen molar-refractivity contribution in [2.45, 2.75) is 39.7 Å². The zero-order chi connectivity index (χ0) is 28.1. The Morgan fingerprint density at radius 3 is 2.23 bits per heavy atom. The molecule has 0 aliphatic carbocycles. The zero-order valence-corrected chi connectivity index (χ0v) is 23.6. The van der Waals surface area contributed by atoms with Crippen LogP contribution in [0.5, 0.6) is 5.75 Å². The van der Waals surface area contributed by atoms with Gasteiger partial charge >= 0.3 is 0 Å². The Labute approximate surface area is 234 Å². The number of nitrogens with zero attached hydrogens (tertiary/aromatic N) is 3. The summed E-state index contributed by atoms with van der Waals surface area (Å²) < 4.78 is 7.12. The van der Waals surface area contributed by atoms with E-state index < -0.39 is 0 Å². The quantitative estimate of drug-likeness (QED) is 0.251. The first-order valence-corrected chi connectivity index (χ1v) is 13.2. The van der Waals surface area contributed by atoms with Crippen molar-refractivity contribution in [2.24, 2.45) is 0 Å². The Balaban J connectivity index is 1.64. The van der Waals surface area contributed by atoms with E-state index in [1.54, 1.807) is 31.4 Å². The van der Waals surface area contributed by atoms with Crippen molar-refractivity contribution in [1.29, 1.82) is 0 Å². The number of hydrogen-bond donors (Lipinski definition) is 1. The summed E-state index contributed by atoms with van der Waals surface area (Å²) in [6, 6.07) is 22.3. The number of nitrogens with one attached hydrogen (secondary N) is 1. The topological polar surface area (TPSA) is 76.5 Å². The highest BCUT2D eigenvalue weighted by Gasteiger charge is 2.24. The lowest BCUT2D eigenvalue weighted by Crippen LogP contribution is -2.42. The zero-order valence-electron chi connectivity index (χ0n) is 22.8. The lowest BCUT2D eigenvalue weighted by Gasteiger charge is -2.26. The fourth-order valence-corrected chi connectivity index (χ4v) is 4.40. The average molecular weight is 545 g/mol. The minimum atomic E-state index is -0.365. The van der Waals surface area contributed by atoms with E-state index in [1.807, 2.05) is 61.0 Å². The molecule has 202 valence electrons. The molecule has 0 radical (unpaired) electrons. The van der Waals surface area contributed by atoms with Crippen LogP contribution in [0.3, 0.4) is 0 Å². The molecule has 0 aliphatic heterocycles. The second-order valence-corrected chi connectivity index (χ2v) is 10.3. The highest BCUT2D eigenvalue weighted by atomic mass is 35.5. The molecule has 8 heteroatoms. The molecule has 2 amide bonds. The Bertz CT molecular complexity index is 1440. The van der Waals surface area contributed by atoms with Gasteiger partial charge in [0.2, 0.25) is 11.9 Å². The molecule has 0 aliphatic rings. The molecule has 0 spiro atoms. The second-order valence-electron chi connectivity index (χ2n) is 9.85. The van der Waals surface area contributed by atoms with E-state index in [0.717, 1.165) is 17.0 Å². The number of carbonyl (C=O) groups is 2. The third-order valence-electron chi connectivity index (χ3n) is 6.48. The van der Waals surface area contributed by atoms with Gasteiger partial charge < -0.3 is 9.64 Å². The standard InChI is InChI=1S/C31H33ClN4O3/c1-20(2)22-10-14-24(15-11-22)36-18-28(23-12-16-25(39-5)17-13-23)33-31(36)34-29(37)19-35(21(3)4)30(38)26-8-6-7-9-27(26)32/h6-18,20-21H,19H2,1-5H3,(H,33,34,37). The van der Waals surface area contributed by atoms with E-state index in [9.17, 15) is 9.59 Å². The van der Waals surface area contributed by atoms with E-state index in [2.05, 4.69) is 31.3 Å². The van der Waals surface area contributed by atoms with Crippen molar-refractivity contribution >= 4 is 29.4 Å². The minimum Gasteiger partial charge on any atom is -0.497 e. The first kappa shape index (κ1) is 27.9. The largest absolute Gasteiger partial charge is 0.497 e. The molecule has 3 aromatic carbocycles. The van der Waals surface area contributed by atoms with Gasteiger partial charge in [-0.25, -0.2) is 4.98 Å². The van der Waals surface area contributed by atoms with Crippen LogP contribution in [0.1, 0.15) is 49.5 Å². The molecular formula is C31H33ClN4O3. The summed E-state index contributed by atoms with van der Waals surface area (Å²) in [6.07, 6.45) is 1.89. The number of hydrogen-bond acceptors (Lipinski definition) is 4. The lowest BCUT2D eigenvalue weighted by atomic mass is 10.0. The summed E-state index contributed by atoms with van der Waals surface area (Å²) in [6.45, 7) is 7.86. The van der Waals surface area contributed by atoms with Gasteiger partial charge in [-0.1, -0.05) is 49.7 Å². The van der Waals surface area contributed by atoms with Gasteiger partial charge in [-0.3, -0.25) is 19.5 Å². The normalized spacial score (nSPS) is 11.1. The number of carbonyl (C=O) groups excluding carboxylic acids is 2. The molecular weight excluding hydrogens is 512 g/mol. The molecule has 0 fully saturated rings. The van der Waals surface area contributed by atoms with Gasteiger partial charge in [0.05, 0.1) is 23.4 Å². The number of imidazole rings is 1. The van der Waals surface area contributed by atoms with Gasteiger partial charge in [-0.2, -0.15) is 0 Å². The summed E-state index contributed by atoms with van der Waals surface area (Å²) >= 11 is 6.26. The molecule has 0 saturated heterocycles. The molecule has 0 saturated carbocycles. The van der Waals surface area contributed by atoms with Crippen LogP contribution in [0, 0.1) is 0 Å². The molecule has 0 unspecified atom stereocenters. The molecule has 0 atom stereocenters. The van der Waals surface area contributed by atoms with E-state index in [1.165, 1.54) is 10.5 Å². The number of halogens is 1. The van der Waals surface area contributed by atoms with Gasteiger partial charge in [0.15, 0.2) is 0 Å². The fraction of sp³-hybridized carbons (Fsp3) is 0.258. The van der Waals surface area contributed by atoms with Gasteiger partial charge in [0.1, 0.15) is 12.3 Å². The number of anilines is 1. The summed E-state index contributed by atoms with van der Waals surface area (Å²) in [4.78, 5) is 32.8. The Hall–Kier alpha value is -4.10. The van der Waals surface area contributed by atoms with E-state index in [-0.39, 0.29) is 24.4 Å². The van der Waals surface area contributed by atoms with Gasteiger partial charge in [0, 0.05) is 23.5 Å². The van der Waals surface area contributed by atoms with E-state index in [4.69, 9.17) is 21.3 Å². The van der Waals surface area contributed by atoms with Crippen molar-refractivity contribution < 1.29 is 14.3 Å². The molecule has 1 heterocycles. The van der Waals surface area contributed by atoms with Crippen LogP contribution in [0.2, 0.25) is 5.02 Å². The number of aromatic nitrogens is 2. The minimum absolute atomic E-state index is 0.154. The number of methoxy groups -OCH3 is 1. The molecule has 1 aromatic heterocycles. The van der Waals surface area contributed by atoms with Crippen LogP contribution in [0.15, 0.2) is 79.0 Å². The lowest BCUT2D eigenvalue weighted by molar-refractivity contribution is -0.117. The fourth-order valence-electron chi connectivity index (χ4n) is 4.18.